The minimum Gasteiger partial charge on any atom is -0.344 e. The minimum absolute atomic E-state index is 0.00311. The quantitative estimate of drug-likeness (QED) is 0.115. The molecule has 2 aromatic heterocycles. The number of carbonyl (C=O) groups excluding carboxylic acids is 6. The van der Waals surface area contributed by atoms with Crippen molar-refractivity contribution in [2.75, 3.05) is 6.54 Å². The molecule has 2 fully saturated rings. The number of aromatic nitrogens is 4. The standard InChI is InChI=1S/C41H60N6O6/c1-7-11-29(39(51)35(50)20-27(6)28-16-18-42-19-17-28)21-34(49)38-32-14-10-12-30(32)23-47(38)41(53)37(26(4)5)45-40(52)33(25(2)3)22-31(48)13-8-9-15-36-43-24-44-46-36/h16-19,24-27,29-30,32-33,37-38H,7-15,20-23H2,1-6H3,(H,45,52)(H,43,44,46)/t27-,29?,30-,32-,33+,37-,38-/m0/s1. The number of hydrogen-bond donors (Lipinski definition) is 2. The molecule has 1 unspecified atom stereocenters. The van der Waals surface area contributed by atoms with Crippen LogP contribution in [0.4, 0.5) is 0 Å². The molecule has 1 aliphatic heterocycles. The van der Waals surface area contributed by atoms with Crippen molar-refractivity contribution in [3.63, 3.8) is 0 Å². The fourth-order valence-electron chi connectivity index (χ4n) is 8.30. The number of pyridine rings is 1. The van der Waals surface area contributed by atoms with Crippen LogP contribution in [0.3, 0.4) is 0 Å². The van der Waals surface area contributed by atoms with Gasteiger partial charge in [0.15, 0.2) is 11.6 Å². The highest BCUT2D eigenvalue weighted by molar-refractivity contribution is 6.38. The summed E-state index contributed by atoms with van der Waals surface area (Å²) in [6.45, 7) is 11.8. The number of nitrogens with zero attached hydrogens (tertiary/aromatic N) is 4. The van der Waals surface area contributed by atoms with Crippen LogP contribution >= 0.6 is 0 Å². The van der Waals surface area contributed by atoms with E-state index in [1.165, 1.54) is 6.33 Å². The Hall–Kier alpha value is -4.09. The van der Waals surface area contributed by atoms with Crippen molar-refractivity contribution < 1.29 is 28.8 Å². The Morgan fingerprint density at radius 2 is 1.68 bits per heavy atom. The van der Waals surface area contributed by atoms with Gasteiger partial charge in [0.05, 0.1) is 6.04 Å². The lowest BCUT2D eigenvalue weighted by Crippen LogP contribution is -2.56. The molecule has 2 N–H and O–H groups in total. The van der Waals surface area contributed by atoms with Gasteiger partial charge in [-0.1, -0.05) is 54.4 Å². The molecule has 2 aromatic rings. The highest BCUT2D eigenvalue weighted by atomic mass is 16.2. The molecule has 12 heteroatoms. The number of hydrogen-bond acceptors (Lipinski definition) is 9. The van der Waals surface area contributed by atoms with E-state index in [-0.39, 0.29) is 72.2 Å². The van der Waals surface area contributed by atoms with Crippen LogP contribution in [0, 0.1) is 35.5 Å². The fraction of sp³-hybridized carbons (Fsp3) is 0.683. The number of rotatable bonds is 22. The molecule has 0 aromatic carbocycles. The SMILES string of the molecule is CCCC(CC(=O)[C@@H]1[C@H]2CCC[C@H]2CN1C(=O)[C@@H](NC(=O)[C@H](CC(=O)CCCCc1ncn[nH]1)C(C)C)C(C)C)C(=O)C(=O)C[C@H](C)c1ccncc1. The third-order valence-corrected chi connectivity index (χ3v) is 11.4. The summed E-state index contributed by atoms with van der Waals surface area (Å²) in [5.74, 6) is -2.78. The second-order valence-corrected chi connectivity index (χ2v) is 16.1. The largest absolute Gasteiger partial charge is 0.344 e. The third-order valence-electron chi connectivity index (χ3n) is 11.4. The van der Waals surface area contributed by atoms with Crippen LogP contribution in [0.1, 0.15) is 129 Å². The topological polar surface area (TPSA) is 172 Å². The first-order valence-electron chi connectivity index (χ1n) is 19.8. The van der Waals surface area contributed by atoms with Gasteiger partial charge in [-0.05, 0) is 79.4 Å². The second-order valence-electron chi connectivity index (χ2n) is 16.1. The number of carbonyl (C=O) groups is 6. The van der Waals surface area contributed by atoms with Gasteiger partial charge >= 0.3 is 0 Å². The van der Waals surface area contributed by atoms with E-state index < -0.39 is 35.5 Å². The lowest BCUT2D eigenvalue weighted by molar-refractivity contribution is -0.145. The summed E-state index contributed by atoms with van der Waals surface area (Å²) in [7, 11) is 0. The highest BCUT2D eigenvalue weighted by Crippen LogP contribution is 2.43. The molecule has 2 aliphatic rings. The maximum atomic E-state index is 14.4. The Kier molecular flexibility index (Phi) is 15.6. The summed E-state index contributed by atoms with van der Waals surface area (Å²) in [6, 6.07) is 2.09. The number of Topliss-reactive ketones (excluding diaryl/α,β-unsaturated/α-hetero) is 4. The van der Waals surface area contributed by atoms with E-state index in [1.807, 2.05) is 53.7 Å². The van der Waals surface area contributed by atoms with Gasteiger partial charge in [0.25, 0.3) is 0 Å². The Bertz CT molecular complexity index is 1540. The van der Waals surface area contributed by atoms with Gasteiger partial charge in [0, 0.05) is 62.9 Å². The first kappa shape index (κ1) is 41.7. The van der Waals surface area contributed by atoms with E-state index in [0.29, 0.717) is 38.6 Å². The molecule has 12 nitrogen and oxygen atoms in total. The van der Waals surface area contributed by atoms with E-state index in [1.54, 1.807) is 17.3 Å². The predicted octanol–water partition coefficient (Wildman–Crippen LogP) is 5.62. The molecule has 4 rings (SSSR count). The Morgan fingerprint density at radius 3 is 2.32 bits per heavy atom. The van der Waals surface area contributed by atoms with Gasteiger partial charge in [-0.25, -0.2) is 4.98 Å². The lowest BCUT2D eigenvalue weighted by atomic mass is 9.83. The van der Waals surface area contributed by atoms with Crippen molar-refractivity contribution in [1.29, 1.82) is 0 Å². The second kappa shape index (κ2) is 19.8. The van der Waals surface area contributed by atoms with Crippen molar-refractivity contribution in [3.05, 3.63) is 42.2 Å². The molecule has 2 amide bonds. The van der Waals surface area contributed by atoms with Crippen LogP contribution in [0.15, 0.2) is 30.9 Å². The Labute approximate surface area is 314 Å². The number of unbranched alkanes of at least 4 members (excludes halogenated alkanes) is 1. The zero-order valence-electron chi connectivity index (χ0n) is 32.5. The van der Waals surface area contributed by atoms with E-state index in [0.717, 1.165) is 37.1 Å². The summed E-state index contributed by atoms with van der Waals surface area (Å²) >= 11 is 0. The molecule has 0 spiro atoms. The number of amides is 2. The Morgan fingerprint density at radius 1 is 0.943 bits per heavy atom. The van der Waals surface area contributed by atoms with Crippen LogP contribution in [0.5, 0.6) is 0 Å². The Balaban J connectivity index is 1.42. The van der Waals surface area contributed by atoms with Gasteiger partial charge in [0.2, 0.25) is 17.6 Å². The summed E-state index contributed by atoms with van der Waals surface area (Å²) in [6.07, 6.45) is 11.1. The van der Waals surface area contributed by atoms with Gasteiger partial charge in [-0.2, -0.15) is 5.10 Å². The number of aryl methyl sites for hydroxylation is 1. The number of likely N-dealkylation sites (tertiary alicyclic amines) is 1. The van der Waals surface area contributed by atoms with E-state index in [2.05, 4.69) is 25.5 Å². The zero-order valence-corrected chi connectivity index (χ0v) is 32.5. The van der Waals surface area contributed by atoms with Crippen LogP contribution < -0.4 is 5.32 Å². The number of ketones is 4. The maximum absolute atomic E-state index is 14.4. The summed E-state index contributed by atoms with van der Waals surface area (Å²) in [5, 5.41) is 9.67. The summed E-state index contributed by atoms with van der Waals surface area (Å²) in [5.41, 5.74) is 0.921. The lowest BCUT2D eigenvalue weighted by Gasteiger charge is -2.33. The van der Waals surface area contributed by atoms with Crippen LogP contribution in [0.2, 0.25) is 0 Å². The fourth-order valence-corrected chi connectivity index (χ4v) is 8.30. The van der Waals surface area contributed by atoms with Gasteiger partial charge < -0.3 is 10.2 Å². The van der Waals surface area contributed by atoms with Gasteiger partial charge in [-0.15, -0.1) is 0 Å². The molecule has 0 radical (unpaired) electrons. The first-order chi connectivity index (χ1) is 25.3. The van der Waals surface area contributed by atoms with Crippen molar-refractivity contribution in [2.45, 2.75) is 137 Å². The number of fused-ring (bicyclic) bond motifs is 1. The number of nitrogens with one attached hydrogen (secondary N) is 2. The third kappa shape index (κ3) is 11.2. The molecule has 53 heavy (non-hydrogen) atoms. The smallest absolute Gasteiger partial charge is 0.246 e. The molecule has 290 valence electrons. The molecule has 3 heterocycles. The van der Waals surface area contributed by atoms with Crippen LogP contribution in [-0.4, -0.2) is 78.6 Å². The molecular weight excluding hydrogens is 672 g/mol. The molecule has 0 bridgehead atoms. The first-order valence-corrected chi connectivity index (χ1v) is 19.8. The minimum atomic E-state index is -0.876. The normalized spacial score (nSPS) is 20.5. The predicted molar refractivity (Wildman–Crippen MR) is 200 cm³/mol. The highest BCUT2D eigenvalue weighted by Gasteiger charge is 2.51. The van der Waals surface area contributed by atoms with Gasteiger partial charge in [-0.3, -0.25) is 38.8 Å². The van der Waals surface area contributed by atoms with E-state index in [9.17, 15) is 28.8 Å². The van der Waals surface area contributed by atoms with E-state index >= 15 is 0 Å². The van der Waals surface area contributed by atoms with Crippen LogP contribution in [0.25, 0.3) is 0 Å². The average Bonchev–Trinajstić information content (AvgIpc) is 3.89. The number of H-pyrrole nitrogens is 1. The van der Waals surface area contributed by atoms with Gasteiger partial charge in [0.1, 0.15) is 24.0 Å². The van der Waals surface area contributed by atoms with Crippen LogP contribution in [-0.2, 0) is 35.2 Å². The summed E-state index contributed by atoms with van der Waals surface area (Å²) in [4.78, 5) is 92.0. The molecule has 1 saturated heterocycles. The monoisotopic (exact) mass is 732 g/mol. The van der Waals surface area contributed by atoms with E-state index in [4.69, 9.17) is 0 Å². The molecular formula is C41H60N6O6. The average molecular weight is 733 g/mol. The number of aromatic amines is 1. The molecule has 1 aliphatic carbocycles. The summed E-state index contributed by atoms with van der Waals surface area (Å²) < 4.78 is 0. The van der Waals surface area contributed by atoms with Crippen molar-refractivity contribution in [2.24, 2.45) is 35.5 Å². The maximum Gasteiger partial charge on any atom is 0.246 e. The zero-order chi connectivity index (χ0) is 38.7. The van der Waals surface area contributed by atoms with Crippen molar-refractivity contribution in [3.8, 4) is 0 Å². The van der Waals surface area contributed by atoms with Crippen molar-refractivity contribution in [1.82, 2.24) is 30.4 Å². The molecule has 7 atom stereocenters. The molecule has 1 saturated carbocycles. The van der Waals surface area contributed by atoms with Crippen molar-refractivity contribution >= 4 is 34.9 Å².